The second kappa shape index (κ2) is 7.02. The highest BCUT2D eigenvalue weighted by Gasteiger charge is 2.39. The third-order valence-corrected chi connectivity index (χ3v) is 4.92. The van der Waals surface area contributed by atoms with Gasteiger partial charge in [-0.15, -0.1) is 0 Å². The van der Waals surface area contributed by atoms with E-state index in [2.05, 4.69) is 17.3 Å². The molecule has 1 aliphatic carbocycles. The monoisotopic (exact) mass is 270 g/mol. The predicted octanol–water partition coefficient (Wildman–Crippen LogP) is 1.50. The van der Waals surface area contributed by atoms with E-state index in [4.69, 9.17) is 9.47 Å². The third-order valence-electron chi connectivity index (χ3n) is 4.92. The van der Waals surface area contributed by atoms with Crippen molar-refractivity contribution in [2.45, 2.75) is 44.3 Å². The Bertz CT molecular complexity index is 249. The van der Waals surface area contributed by atoms with Gasteiger partial charge in [-0.3, -0.25) is 4.90 Å². The van der Waals surface area contributed by atoms with E-state index in [0.29, 0.717) is 5.41 Å². The van der Waals surface area contributed by atoms with Crippen molar-refractivity contribution in [3.8, 4) is 0 Å². The minimum atomic E-state index is 0.236. The van der Waals surface area contributed by atoms with Gasteiger partial charge in [0.1, 0.15) is 0 Å². The van der Waals surface area contributed by atoms with Crippen LogP contribution in [-0.2, 0) is 9.47 Å². The second-order valence-corrected chi connectivity index (χ2v) is 6.33. The largest absolute Gasteiger partial charge is 0.377 e. The van der Waals surface area contributed by atoms with Gasteiger partial charge in [-0.25, -0.2) is 0 Å². The summed E-state index contributed by atoms with van der Waals surface area (Å²) in [5.74, 6) is 0. The number of hydrogen-bond acceptors (Lipinski definition) is 4. The Hall–Kier alpha value is -0.160. The number of methoxy groups -OCH3 is 2. The van der Waals surface area contributed by atoms with Crippen LogP contribution < -0.4 is 5.32 Å². The molecule has 1 N–H and O–H groups in total. The molecule has 2 fully saturated rings. The van der Waals surface area contributed by atoms with Crippen molar-refractivity contribution in [1.82, 2.24) is 10.2 Å². The smallest absolute Gasteiger partial charge is 0.0971 e. The maximum absolute atomic E-state index is 5.54. The Balaban J connectivity index is 1.94. The molecule has 19 heavy (non-hydrogen) atoms. The van der Waals surface area contributed by atoms with E-state index in [1.807, 2.05) is 0 Å². The number of likely N-dealkylation sites (tertiary alicyclic amines) is 1. The summed E-state index contributed by atoms with van der Waals surface area (Å²) in [5.41, 5.74) is 0.466. The summed E-state index contributed by atoms with van der Waals surface area (Å²) in [5, 5.41) is 3.41. The van der Waals surface area contributed by atoms with Crippen LogP contribution in [0.25, 0.3) is 0 Å². The Morgan fingerprint density at radius 1 is 1.05 bits per heavy atom. The first-order chi connectivity index (χ1) is 9.23. The Kier molecular flexibility index (Phi) is 5.63. The van der Waals surface area contributed by atoms with Crippen LogP contribution in [-0.4, -0.2) is 64.6 Å². The van der Waals surface area contributed by atoms with Gasteiger partial charge in [0.25, 0.3) is 0 Å². The Labute approximate surface area is 117 Å². The standard InChI is InChI=1S/C15H30N2O2/c1-16-11-15(7-5-4-6-8-15)12-17-9-13(18-2)14(10-17)19-3/h13-14,16H,4-12H2,1-3H3. The molecule has 1 saturated heterocycles. The zero-order chi connectivity index (χ0) is 13.7. The average Bonchev–Trinajstić information content (AvgIpc) is 2.82. The van der Waals surface area contributed by atoms with Gasteiger partial charge >= 0.3 is 0 Å². The zero-order valence-corrected chi connectivity index (χ0v) is 12.8. The normalized spacial score (nSPS) is 31.7. The number of rotatable bonds is 6. The topological polar surface area (TPSA) is 33.7 Å². The van der Waals surface area contributed by atoms with Crippen molar-refractivity contribution in [1.29, 1.82) is 0 Å². The summed E-state index contributed by atoms with van der Waals surface area (Å²) in [6, 6.07) is 0. The molecule has 2 atom stereocenters. The second-order valence-electron chi connectivity index (χ2n) is 6.33. The lowest BCUT2D eigenvalue weighted by molar-refractivity contribution is -0.00461. The molecule has 0 spiro atoms. The molecule has 0 bridgehead atoms. The first kappa shape index (κ1) is 15.2. The highest BCUT2D eigenvalue weighted by Crippen LogP contribution is 2.37. The third kappa shape index (κ3) is 3.69. The van der Waals surface area contributed by atoms with E-state index < -0.39 is 0 Å². The number of hydrogen-bond donors (Lipinski definition) is 1. The van der Waals surface area contributed by atoms with Crippen LogP contribution in [0.3, 0.4) is 0 Å². The fraction of sp³-hybridized carbons (Fsp3) is 1.00. The van der Waals surface area contributed by atoms with Crippen LogP contribution >= 0.6 is 0 Å². The van der Waals surface area contributed by atoms with Crippen LogP contribution in [0.15, 0.2) is 0 Å². The fourth-order valence-corrected chi connectivity index (χ4v) is 3.94. The highest BCUT2D eigenvalue weighted by molar-refractivity contribution is 4.93. The zero-order valence-electron chi connectivity index (χ0n) is 12.8. The van der Waals surface area contributed by atoms with Gasteiger partial charge in [0.15, 0.2) is 0 Å². The Morgan fingerprint density at radius 3 is 2.11 bits per heavy atom. The van der Waals surface area contributed by atoms with Crippen LogP contribution in [0.1, 0.15) is 32.1 Å². The van der Waals surface area contributed by atoms with Gasteiger partial charge in [0.2, 0.25) is 0 Å². The van der Waals surface area contributed by atoms with Gasteiger partial charge < -0.3 is 14.8 Å². The molecule has 0 aromatic rings. The van der Waals surface area contributed by atoms with Gasteiger partial charge in [0, 0.05) is 40.4 Å². The van der Waals surface area contributed by atoms with Crippen molar-refractivity contribution < 1.29 is 9.47 Å². The van der Waals surface area contributed by atoms with Crippen molar-refractivity contribution in [3.63, 3.8) is 0 Å². The van der Waals surface area contributed by atoms with Crippen LogP contribution in [0.5, 0.6) is 0 Å². The number of ether oxygens (including phenoxy) is 2. The summed E-state index contributed by atoms with van der Waals surface area (Å²) in [4.78, 5) is 2.55. The van der Waals surface area contributed by atoms with Gasteiger partial charge in [-0.2, -0.15) is 0 Å². The molecular weight excluding hydrogens is 240 g/mol. The van der Waals surface area contributed by atoms with E-state index in [9.17, 15) is 0 Å². The molecule has 2 rings (SSSR count). The van der Waals surface area contributed by atoms with Crippen LogP contribution in [0.2, 0.25) is 0 Å². The van der Waals surface area contributed by atoms with Crippen LogP contribution in [0, 0.1) is 5.41 Å². The van der Waals surface area contributed by atoms with E-state index in [1.54, 1.807) is 14.2 Å². The highest BCUT2D eigenvalue weighted by atomic mass is 16.5. The predicted molar refractivity (Wildman–Crippen MR) is 77.5 cm³/mol. The van der Waals surface area contributed by atoms with Gasteiger partial charge in [-0.05, 0) is 25.3 Å². The molecule has 112 valence electrons. The quantitative estimate of drug-likeness (QED) is 0.793. The average molecular weight is 270 g/mol. The van der Waals surface area contributed by atoms with Gasteiger partial charge in [-0.1, -0.05) is 19.3 Å². The molecule has 0 radical (unpaired) electrons. The van der Waals surface area contributed by atoms with Crippen molar-refractivity contribution >= 4 is 0 Å². The van der Waals surface area contributed by atoms with Crippen molar-refractivity contribution in [2.24, 2.45) is 5.41 Å². The first-order valence-corrected chi connectivity index (χ1v) is 7.65. The molecule has 4 nitrogen and oxygen atoms in total. The molecule has 0 aromatic heterocycles. The Morgan fingerprint density at radius 2 is 1.63 bits per heavy atom. The molecule has 0 amide bonds. The lowest BCUT2D eigenvalue weighted by Gasteiger charge is -2.40. The molecule has 0 aromatic carbocycles. The lowest BCUT2D eigenvalue weighted by Crippen LogP contribution is -2.44. The molecule has 2 unspecified atom stereocenters. The molecular formula is C15H30N2O2. The summed E-state index contributed by atoms with van der Waals surface area (Å²) >= 11 is 0. The molecule has 2 aliphatic rings. The maximum atomic E-state index is 5.54. The van der Waals surface area contributed by atoms with Crippen molar-refractivity contribution in [2.75, 3.05) is 47.4 Å². The molecule has 4 heteroatoms. The SMILES string of the molecule is CNCC1(CN2CC(OC)C(OC)C2)CCCCC1. The summed E-state index contributed by atoms with van der Waals surface area (Å²) < 4.78 is 11.1. The minimum Gasteiger partial charge on any atom is -0.377 e. The van der Waals surface area contributed by atoms with Crippen LogP contribution in [0.4, 0.5) is 0 Å². The molecule has 1 heterocycles. The minimum absolute atomic E-state index is 0.236. The number of nitrogens with one attached hydrogen (secondary N) is 1. The summed E-state index contributed by atoms with van der Waals surface area (Å²) in [6.07, 6.45) is 7.38. The van der Waals surface area contributed by atoms with E-state index in [1.165, 1.54) is 38.6 Å². The molecule has 1 aliphatic heterocycles. The van der Waals surface area contributed by atoms with E-state index in [-0.39, 0.29) is 12.2 Å². The van der Waals surface area contributed by atoms with E-state index >= 15 is 0 Å². The fourth-order valence-electron chi connectivity index (χ4n) is 3.94. The summed E-state index contributed by atoms with van der Waals surface area (Å²) in [7, 11) is 5.67. The summed E-state index contributed by atoms with van der Waals surface area (Å²) in [6.45, 7) is 4.35. The van der Waals surface area contributed by atoms with E-state index in [0.717, 1.165) is 19.6 Å². The van der Waals surface area contributed by atoms with Crippen molar-refractivity contribution in [3.05, 3.63) is 0 Å². The molecule has 1 saturated carbocycles. The first-order valence-electron chi connectivity index (χ1n) is 7.65. The van der Waals surface area contributed by atoms with Gasteiger partial charge in [0.05, 0.1) is 12.2 Å². The lowest BCUT2D eigenvalue weighted by atomic mass is 9.73. The maximum Gasteiger partial charge on any atom is 0.0971 e. The number of nitrogens with zero attached hydrogens (tertiary/aromatic N) is 1.